The number of rotatable bonds is 4. The van der Waals surface area contributed by atoms with Crippen LogP contribution in [0.2, 0.25) is 0 Å². The third-order valence-corrected chi connectivity index (χ3v) is 6.41. The van der Waals surface area contributed by atoms with Crippen LogP contribution in [0.5, 0.6) is 0 Å². The van der Waals surface area contributed by atoms with Crippen LogP contribution in [0.25, 0.3) is 0 Å². The molecule has 0 aliphatic carbocycles. The molecule has 0 radical (unpaired) electrons. The first-order chi connectivity index (χ1) is 9.12. The molecule has 4 saturated heterocycles. The number of piperidine rings is 4. The number of hydrogen-bond acceptors (Lipinski definition) is 4. The van der Waals surface area contributed by atoms with Crippen molar-refractivity contribution in [1.29, 1.82) is 0 Å². The summed E-state index contributed by atoms with van der Waals surface area (Å²) in [5.41, 5.74) is 0. The smallest absolute Gasteiger partial charge is 0.212 e. The van der Waals surface area contributed by atoms with Gasteiger partial charge >= 0.3 is 0 Å². The van der Waals surface area contributed by atoms with Gasteiger partial charge in [-0.2, -0.15) is 0 Å². The van der Waals surface area contributed by atoms with Crippen LogP contribution >= 0.6 is 0 Å². The van der Waals surface area contributed by atoms with Gasteiger partial charge in [0.25, 0.3) is 0 Å². The molecule has 4 rings (SSSR count). The average molecular weight is 287 g/mol. The van der Waals surface area contributed by atoms with E-state index in [0.717, 1.165) is 58.4 Å². The largest absolute Gasteiger partial charge is 0.316 e. The zero-order valence-corrected chi connectivity index (χ0v) is 12.3. The SMILES string of the molecule is O=S(=O)(CC1CCCNC1)NC1CN2CCC1CC2. The number of nitrogens with zero attached hydrogens (tertiary/aromatic N) is 1. The molecule has 110 valence electrons. The Morgan fingerprint density at radius 2 is 2.00 bits per heavy atom. The van der Waals surface area contributed by atoms with Crippen LogP contribution in [0.15, 0.2) is 0 Å². The molecule has 5 nitrogen and oxygen atoms in total. The van der Waals surface area contributed by atoms with Crippen molar-refractivity contribution in [2.24, 2.45) is 11.8 Å². The lowest BCUT2D eigenvalue weighted by molar-refractivity contribution is 0.0826. The summed E-state index contributed by atoms with van der Waals surface area (Å²) >= 11 is 0. The van der Waals surface area contributed by atoms with Gasteiger partial charge in [0.2, 0.25) is 10.0 Å². The maximum Gasteiger partial charge on any atom is 0.212 e. The van der Waals surface area contributed by atoms with Crippen molar-refractivity contribution in [1.82, 2.24) is 14.9 Å². The topological polar surface area (TPSA) is 61.4 Å². The molecule has 0 aromatic heterocycles. The summed E-state index contributed by atoms with van der Waals surface area (Å²) in [7, 11) is -3.12. The molecule has 4 fully saturated rings. The maximum atomic E-state index is 12.3. The zero-order valence-electron chi connectivity index (χ0n) is 11.5. The molecule has 2 unspecified atom stereocenters. The molecule has 6 heteroatoms. The Hall–Kier alpha value is -0.170. The van der Waals surface area contributed by atoms with Gasteiger partial charge in [0.15, 0.2) is 0 Å². The van der Waals surface area contributed by atoms with Gasteiger partial charge < -0.3 is 10.2 Å². The molecule has 0 aromatic rings. The molecule has 2 atom stereocenters. The van der Waals surface area contributed by atoms with Crippen LogP contribution in [0.3, 0.4) is 0 Å². The number of sulfonamides is 1. The summed E-state index contributed by atoms with van der Waals surface area (Å²) < 4.78 is 27.5. The molecule has 4 aliphatic heterocycles. The molecule has 0 amide bonds. The highest BCUT2D eigenvalue weighted by Crippen LogP contribution is 2.28. The van der Waals surface area contributed by atoms with Gasteiger partial charge in [-0.3, -0.25) is 0 Å². The Bertz CT molecular complexity index is 398. The highest BCUT2D eigenvalue weighted by molar-refractivity contribution is 7.89. The quantitative estimate of drug-likeness (QED) is 0.764. The van der Waals surface area contributed by atoms with Crippen LogP contribution < -0.4 is 10.0 Å². The second kappa shape index (κ2) is 5.68. The fourth-order valence-electron chi connectivity index (χ4n) is 3.75. The van der Waals surface area contributed by atoms with Crippen LogP contribution in [-0.4, -0.2) is 57.8 Å². The summed E-state index contributed by atoms with van der Waals surface area (Å²) in [5.74, 6) is 1.14. The van der Waals surface area contributed by atoms with E-state index >= 15 is 0 Å². The summed E-state index contributed by atoms with van der Waals surface area (Å²) in [6, 6.07) is 0.157. The molecule has 0 saturated carbocycles. The van der Waals surface area contributed by atoms with Gasteiger partial charge in [-0.15, -0.1) is 0 Å². The molecule has 4 heterocycles. The van der Waals surface area contributed by atoms with Crippen LogP contribution in [0.4, 0.5) is 0 Å². The molecule has 0 aromatic carbocycles. The predicted octanol–water partition coefficient (Wildman–Crippen LogP) is -0.000400. The van der Waals surface area contributed by atoms with Crippen LogP contribution in [-0.2, 0) is 10.0 Å². The van der Waals surface area contributed by atoms with E-state index in [4.69, 9.17) is 0 Å². The van der Waals surface area contributed by atoms with Gasteiger partial charge in [-0.25, -0.2) is 13.1 Å². The molecule has 0 spiro atoms. The Labute approximate surface area is 116 Å². The Morgan fingerprint density at radius 3 is 2.58 bits per heavy atom. The lowest BCUT2D eigenvalue weighted by Crippen LogP contribution is -2.57. The standard InChI is InChI=1S/C13H25N3O2S/c17-19(18,10-11-2-1-5-14-8-11)15-13-9-16-6-3-12(13)4-7-16/h11-15H,1-10H2. The minimum absolute atomic E-state index is 0.157. The van der Waals surface area contributed by atoms with E-state index in [2.05, 4.69) is 14.9 Å². The molecule has 2 N–H and O–H groups in total. The lowest BCUT2D eigenvalue weighted by atomic mass is 9.85. The van der Waals surface area contributed by atoms with Crippen molar-refractivity contribution in [3.05, 3.63) is 0 Å². The monoisotopic (exact) mass is 287 g/mol. The van der Waals surface area contributed by atoms with Gasteiger partial charge in [0.05, 0.1) is 5.75 Å². The van der Waals surface area contributed by atoms with E-state index in [0.29, 0.717) is 11.7 Å². The van der Waals surface area contributed by atoms with Crippen molar-refractivity contribution < 1.29 is 8.42 Å². The van der Waals surface area contributed by atoms with Crippen molar-refractivity contribution in [2.75, 3.05) is 38.5 Å². The highest BCUT2D eigenvalue weighted by Gasteiger charge is 2.36. The first-order valence-corrected chi connectivity index (χ1v) is 9.21. The maximum absolute atomic E-state index is 12.3. The molecule has 19 heavy (non-hydrogen) atoms. The Morgan fingerprint density at radius 1 is 1.21 bits per heavy atom. The highest BCUT2D eigenvalue weighted by atomic mass is 32.2. The summed E-state index contributed by atoms with van der Waals surface area (Å²) in [6.45, 7) is 5.09. The van der Waals surface area contributed by atoms with Crippen molar-refractivity contribution in [3.8, 4) is 0 Å². The Kier molecular flexibility index (Phi) is 4.12. The van der Waals surface area contributed by atoms with E-state index in [1.54, 1.807) is 0 Å². The summed E-state index contributed by atoms with van der Waals surface area (Å²) in [5, 5.41) is 3.29. The van der Waals surface area contributed by atoms with Gasteiger partial charge in [0, 0.05) is 12.6 Å². The predicted molar refractivity (Wildman–Crippen MR) is 75.5 cm³/mol. The van der Waals surface area contributed by atoms with Crippen molar-refractivity contribution in [3.63, 3.8) is 0 Å². The van der Waals surface area contributed by atoms with E-state index in [-0.39, 0.29) is 12.0 Å². The number of nitrogens with one attached hydrogen (secondary N) is 2. The summed E-state index contributed by atoms with van der Waals surface area (Å²) in [4.78, 5) is 2.38. The zero-order chi connectivity index (χ0) is 13.3. The first-order valence-electron chi connectivity index (χ1n) is 7.55. The van der Waals surface area contributed by atoms with E-state index in [1.165, 1.54) is 0 Å². The summed E-state index contributed by atoms with van der Waals surface area (Å²) in [6.07, 6.45) is 4.44. The van der Waals surface area contributed by atoms with Crippen LogP contribution in [0, 0.1) is 11.8 Å². The van der Waals surface area contributed by atoms with E-state index in [1.807, 2.05) is 0 Å². The van der Waals surface area contributed by atoms with Crippen LogP contribution in [0.1, 0.15) is 25.7 Å². The minimum Gasteiger partial charge on any atom is -0.316 e. The second-order valence-electron chi connectivity index (χ2n) is 6.36. The van der Waals surface area contributed by atoms with Gasteiger partial charge in [-0.1, -0.05) is 0 Å². The molecule has 4 aliphatic rings. The lowest BCUT2D eigenvalue weighted by Gasteiger charge is -2.44. The average Bonchev–Trinajstić information content (AvgIpc) is 2.40. The van der Waals surface area contributed by atoms with E-state index in [9.17, 15) is 8.42 Å². The third-order valence-electron chi connectivity index (χ3n) is 4.84. The number of fused-ring (bicyclic) bond motifs is 3. The van der Waals surface area contributed by atoms with Gasteiger partial charge in [-0.05, 0) is 63.7 Å². The fraction of sp³-hybridized carbons (Fsp3) is 1.00. The number of hydrogen-bond donors (Lipinski definition) is 2. The Balaban J connectivity index is 1.55. The van der Waals surface area contributed by atoms with E-state index < -0.39 is 10.0 Å². The molecular weight excluding hydrogens is 262 g/mol. The third kappa shape index (κ3) is 3.48. The minimum atomic E-state index is -3.12. The molecular formula is C13H25N3O2S. The van der Waals surface area contributed by atoms with Crippen molar-refractivity contribution in [2.45, 2.75) is 31.7 Å². The van der Waals surface area contributed by atoms with Crippen molar-refractivity contribution >= 4 is 10.0 Å². The first kappa shape index (κ1) is 13.8. The normalized spacial score (nSPS) is 39.4. The molecule has 2 bridgehead atoms. The van der Waals surface area contributed by atoms with Gasteiger partial charge in [0.1, 0.15) is 0 Å². The second-order valence-corrected chi connectivity index (χ2v) is 8.15. The fourth-order valence-corrected chi connectivity index (χ4v) is 5.48.